The van der Waals surface area contributed by atoms with E-state index in [9.17, 15) is 9.59 Å². The number of carbonyl (C=O) groups is 2. The predicted octanol–water partition coefficient (Wildman–Crippen LogP) is 1.41. The van der Waals surface area contributed by atoms with E-state index in [0.29, 0.717) is 18.8 Å². The standard InChI is InChI=1S/C22H29N5O2/c1-15-5-3-6-16(11-15)12-18(26-22(29)19-7-4-10-27(19)2)21(28)25-14-17-8-9-20(23)24-13-17/h3,5-6,8-9,11,13,18-19H,4,7,10,12,14H2,1-2H3,(H2,23,24)(H,25,28)(H,26,29)/t18-,19?/m0/s1. The van der Waals surface area contributed by atoms with Gasteiger partial charge in [-0.3, -0.25) is 14.5 Å². The first-order valence-electron chi connectivity index (χ1n) is 9.96. The normalized spacial score (nSPS) is 17.7. The van der Waals surface area contributed by atoms with E-state index in [4.69, 9.17) is 5.73 Å². The average molecular weight is 396 g/mol. The summed E-state index contributed by atoms with van der Waals surface area (Å²) in [7, 11) is 1.95. The van der Waals surface area contributed by atoms with Gasteiger partial charge in [-0.15, -0.1) is 0 Å². The van der Waals surface area contributed by atoms with E-state index in [1.807, 2.05) is 49.2 Å². The number of nitrogen functional groups attached to an aromatic ring is 1. The molecule has 4 N–H and O–H groups in total. The molecule has 7 nitrogen and oxygen atoms in total. The maximum absolute atomic E-state index is 12.9. The molecule has 2 atom stereocenters. The lowest BCUT2D eigenvalue weighted by atomic mass is 10.0. The lowest BCUT2D eigenvalue weighted by molar-refractivity contribution is -0.131. The molecule has 2 aromatic rings. The lowest BCUT2D eigenvalue weighted by Gasteiger charge is -2.24. The fraction of sp³-hybridized carbons (Fsp3) is 0.409. The molecule has 3 rings (SSSR count). The first-order valence-corrected chi connectivity index (χ1v) is 9.96. The quantitative estimate of drug-likeness (QED) is 0.658. The van der Waals surface area contributed by atoms with Gasteiger partial charge in [-0.25, -0.2) is 4.98 Å². The minimum atomic E-state index is -0.639. The smallest absolute Gasteiger partial charge is 0.243 e. The van der Waals surface area contributed by atoms with Crippen LogP contribution in [0.4, 0.5) is 5.82 Å². The summed E-state index contributed by atoms with van der Waals surface area (Å²) in [4.78, 5) is 31.8. The van der Waals surface area contributed by atoms with Crippen LogP contribution >= 0.6 is 0 Å². The first-order chi connectivity index (χ1) is 13.9. The third kappa shape index (κ3) is 5.77. The van der Waals surface area contributed by atoms with Crippen LogP contribution < -0.4 is 16.4 Å². The van der Waals surface area contributed by atoms with Gasteiger partial charge in [-0.1, -0.05) is 35.9 Å². The number of likely N-dealkylation sites (N-methyl/N-ethyl adjacent to an activating group) is 1. The van der Waals surface area contributed by atoms with Crippen molar-refractivity contribution in [2.24, 2.45) is 0 Å². The number of anilines is 1. The van der Waals surface area contributed by atoms with Gasteiger partial charge in [0.1, 0.15) is 11.9 Å². The highest BCUT2D eigenvalue weighted by Crippen LogP contribution is 2.15. The second-order valence-corrected chi connectivity index (χ2v) is 7.70. The number of amides is 2. The maximum Gasteiger partial charge on any atom is 0.243 e. The summed E-state index contributed by atoms with van der Waals surface area (Å²) in [6, 6.07) is 10.7. The summed E-state index contributed by atoms with van der Waals surface area (Å²) in [5, 5.41) is 5.89. The SMILES string of the molecule is Cc1cccc(C[C@H](NC(=O)C2CCCN2C)C(=O)NCc2ccc(N)nc2)c1. The molecule has 2 heterocycles. The van der Waals surface area contributed by atoms with Gasteiger partial charge in [0.2, 0.25) is 11.8 Å². The number of pyridine rings is 1. The monoisotopic (exact) mass is 395 g/mol. The molecule has 29 heavy (non-hydrogen) atoms. The van der Waals surface area contributed by atoms with E-state index in [1.54, 1.807) is 12.3 Å². The van der Waals surface area contributed by atoms with Gasteiger partial charge in [0, 0.05) is 19.2 Å². The van der Waals surface area contributed by atoms with Crippen molar-refractivity contribution in [3.05, 3.63) is 59.3 Å². The highest BCUT2D eigenvalue weighted by molar-refractivity contribution is 5.90. The molecule has 1 aliphatic heterocycles. The summed E-state index contributed by atoms with van der Waals surface area (Å²) < 4.78 is 0. The second-order valence-electron chi connectivity index (χ2n) is 7.70. The molecule has 154 valence electrons. The zero-order valence-corrected chi connectivity index (χ0v) is 17.0. The Morgan fingerprint density at radius 3 is 2.76 bits per heavy atom. The van der Waals surface area contributed by atoms with Crippen molar-refractivity contribution in [2.45, 2.75) is 44.8 Å². The van der Waals surface area contributed by atoms with Gasteiger partial charge in [-0.2, -0.15) is 0 Å². The van der Waals surface area contributed by atoms with Crippen LogP contribution in [0.1, 0.15) is 29.5 Å². The number of nitrogens with one attached hydrogen (secondary N) is 2. The molecular formula is C22H29N5O2. The molecule has 7 heteroatoms. The van der Waals surface area contributed by atoms with Gasteiger partial charge in [0.05, 0.1) is 6.04 Å². The van der Waals surface area contributed by atoms with Crippen LogP contribution in [0.2, 0.25) is 0 Å². The van der Waals surface area contributed by atoms with Gasteiger partial charge in [-0.05, 0) is 50.6 Å². The molecule has 0 spiro atoms. The number of hydrogen-bond acceptors (Lipinski definition) is 5. The van der Waals surface area contributed by atoms with Crippen LogP contribution in [0.25, 0.3) is 0 Å². The number of aryl methyl sites for hydroxylation is 1. The van der Waals surface area contributed by atoms with E-state index in [-0.39, 0.29) is 17.9 Å². The molecule has 2 amide bonds. The van der Waals surface area contributed by atoms with E-state index < -0.39 is 6.04 Å². The Morgan fingerprint density at radius 1 is 1.28 bits per heavy atom. The summed E-state index contributed by atoms with van der Waals surface area (Å²) in [5.74, 6) is 0.134. The summed E-state index contributed by atoms with van der Waals surface area (Å²) in [6.07, 6.45) is 3.89. The molecule has 1 aromatic heterocycles. The fourth-order valence-corrected chi connectivity index (χ4v) is 3.65. The van der Waals surface area contributed by atoms with Crippen molar-refractivity contribution < 1.29 is 9.59 Å². The summed E-state index contributed by atoms with van der Waals surface area (Å²) in [5.41, 5.74) is 8.59. The lowest BCUT2D eigenvalue weighted by Crippen LogP contribution is -2.52. The van der Waals surface area contributed by atoms with E-state index in [2.05, 4.69) is 15.6 Å². The minimum absolute atomic E-state index is 0.0908. The number of aromatic nitrogens is 1. The predicted molar refractivity (Wildman–Crippen MR) is 113 cm³/mol. The van der Waals surface area contributed by atoms with E-state index >= 15 is 0 Å². The fourth-order valence-electron chi connectivity index (χ4n) is 3.65. The number of nitrogens with two attached hydrogens (primary N) is 1. The highest BCUT2D eigenvalue weighted by atomic mass is 16.2. The topological polar surface area (TPSA) is 100 Å². The summed E-state index contributed by atoms with van der Waals surface area (Å²) >= 11 is 0. The Morgan fingerprint density at radius 2 is 2.10 bits per heavy atom. The largest absolute Gasteiger partial charge is 0.384 e. The van der Waals surface area contributed by atoms with Gasteiger partial charge in [0.15, 0.2) is 0 Å². The number of carbonyl (C=O) groups excluding carboxylic acids is 2. The summed E-state index contributed by atoms with van der Waals surface area (Å²) in [6.45, 7) is 3.24. The molecular weight excluding hydrogens is 366 g/mol. The van der Waals surface area contributed by atoms with Crippen molar-refractivity contribution in [2.75, 3.05) is 19.3 Å². The second kappa shape index (κ2) is 9.52. The number of benzene rings is 1. The molecule has 0 bridgehead atoms. The van der Waals surface area contributed by atoms with Crippen molar-refractivity contribution in [1.82, 2.24) is 20.5 Å². The van der Waals surface area contributed by atoms with E-state index in [1.165, 1.54) is 0 Å². The third-order valence-electron chi connectivity index (χ3n) is 5.29. The number of likely N-dealkylation sites (tertiary alicyclic amines) is 1. The zero-order valence-electron chi connectivity index (χ0n) is 17.0. The van der Waals surface area contributed by atoms with Crippen LogP contribution in [-0.4, -0.2) is 47.4 Å². The van der Waals surface area contributed by atoms with Gasteiger partial charge in [0.25, 0.3) is 0 Å². The number of hydrogen-bond donors (Lipinski definition) is 3. The first kappa shape index (κ1) is 20.8. The Kier molecular flexibility index (Phi) is 6.82. The van der Waals surface area contributed by atoms with Crippen LogP contribution in [0.3, 0.4) is 0 Å². The maximum atomic E-state index is 12.9. The van der Waals surface area contributed by atoms with Crippen LogP contribution in [0.15, 0.2) is 42.6 Å². The Hall–Kier alpha value is -2.93. The molecule has 1 saturated heterocycles. The number of rotatable bonds is 7. The van der Waals surface area contributed by atoms with Crippen molar-refractivity contribution in [3.63, 3.8) is 0 Å². The average Bonchev–Trinajstić information content (AvgIpc) is 3.13. The Labute approximate surface area is 171 Å². The Bertz CT molecular complexity index is 853. The van der Waals surface area contributed by atoms with Crippen LogP contribution in [0.5, 0.6) is 0 Å². The van der Waals surface area contributed by atoms with Gasteiger partial charge < -0.3 is 16.4 Å². The minimum Gasteiger partial charge on any atom is -0.384 e. The molecule has 0 aliphatic carbocycles. The number of nitrogens with zero attached hydrogens (tertiary/aromatic N) is 2. The van der Waals surface area contributed by atoms with Crippen molar-refractivity contribution >= 4 is 17.6 Å². The van der Waals surface area contributed by atoms with Crippen molar-refractivity contribution in [3.8, 4) is 0 Å². The Balaban J connectivity index is 1.69. The molecule has 0 radical (unpaired) electrons. The molecule has 1 aromatic carbocycles. The molecule has 0 saturated carbocycles. The molecule has 1 aliphatic rings. The van der Waals surface area contributed by atoms with Crippen molar-refractivity contribution in [1.29, 1.82) is 0 Å². The molecule has 1 fully saturated rings. The van der Waals surface area contributed by atoms with Crippen LogP contribution in [0, 0.1) is 6.92 Å². The molecule has 1 unspecified atom stereocenters. The van der Waals surface area contributed by atoms with Gasteiger partial charge >= 0.3 is 0 Å². The highest BCUT2D eigenvalue weighted by Gasteiger charge is 2.31. The third-order valence-corrected chi connectivity index (χ3v) is 5.29. The zero-order chi connectivity index (χ0) is 20.8. The van der Waals surface area contributed by atoms with Crippen LogP contribution in [-0.2, 0) is 22.6 Å². The van der Waals surface area contributed by atoms with E-state index in [0.717, 1.165) is 36.1 Å².